The summed E-state index contributed by atoms with van der Waals surface area (Å²) in [7, 11) is 2.31. The fourth-order valence-corrected chi connectivity index (χ4v) is 3.75. The number of nitrogens with one attached hydrogen (secondary N) is 1. The smallest absolute Gasteiger partial charge is 0.0480 e. The number of nitrogens with zero attached hydrogens (tertiary/aromatic N) is 1. The van der Waals surface area contributed by atoms with Crippen molar-refractivity contribution in [3.63, 3.8) is 0 Å². The zero-order valence-corrected chi connectivity index (χ0v) is 10.3. The van der Waals surface area contributed by atoms with E-state index in [1.54, 1.807) is 0 Å². The number of hydrogen-bond acceptors (Lipinski definition) is 3. The highest BCUT2D eigenvalue weighted by Crippen LogP contribution is 2.34. The lowest BCUT2D eigenvalue weighted by atomic mass is 9.96. The maximum absolute atomic E-state index is 5.41. The zero-order valence-electron chi connectivity index (χ0n) is 10.3. The molecule has 3 aliphatic heterocycles. The van der Waals surface area contributed by atoms with Gasteiger partial charge in [0.05, 0.1) is 0 Å². The second-order valence-corrected chi connectivity index (χ2v) is 5.77. The molecule has 2 atom stereocenters. The zero-order chi connectivity index (χ0) is 11.0. The molecule has 1 N–H and O–H groups in total. The number of piperidine rings is 1. The third kappa shape index (κ3) is 2.13. The van der Waals surface area contributed by atoms with E-state index in [2.05, 4.69) is 17.3 Å². The first-order valence-electron chi connectivity index (χ1n) is 6.88. The highest BCUT2D eigenvalue weighted by Gasteiger charge is 2.38. The van der Waals surface area contributed by atoms with E-state index < -0.39 is 0 Å². The third-order valence-corrected chi connectivity index (χ3v) is 4.79. The van der Waals surface area contributed by atoms with Crippen LogP contribution in [0.3, 0.4) is 0 Å². The quantitative estimate of drug-likeness (QED) is 0.767. The molecule has 0 saturated carbocycles. The Balaban J connectivity index is 1.53. The third-order valence-electron chi connectivity index (χ3n) is 4.79. The maximum atomic E-state index is 5.41. The predicted molar refractivity (Wildman–Crippen MR) is 64.6 cm³/mol. The van der Waals surface area contributed by atoms with Gasteiger partial charge in [-0.3, -0.25) is 0 Å². The molecule has 0 aromatic rings. The van der Waals surface area contributed by atoms with Crippen molar-refractivity contribution < 1.29 is 4.74 Å². The van der Waals surface area contributed by atoms with Crippen molar-refractivity contribution in [2.24, 2.45) is 0 Å². The Morgan fingerprint density at radius 1 is 0.938 bits per heavy atom. The van der Waals surface area contributed by atoms with Gasteiger partial charge >= 0.3 is 0 Å². The molecule has 2 bridgehead atoms. The minimum atomic E-state index is 0.724. The summed E-state index contributed by atoms with van der Waals surface area (Å²) in [6.07, 6.45) is 8.00. The van der Waals surface area contributed by atoms with E-state index in [-0.39, 0.29) is 0 Å². The van der Waals surface area contributed by atoms with Gasteiger partial charge in [0.2, 0.25) is 0 Å². The standard InChI is InChI=1S/C13H24N2O/c1-15-12-2-3-13(15)9-11(8-12)14-10-4-6-16-7-5-10/h10-14H,2-9H2,1H3. The minimum absolute atomic E-state index is 0.724. The second-order valence-electron chi connectivity index (χ2n) is 5.77. The largest absolute Gasteiger partial charge is 0.381 e. The van der Waals surface area contributed by atoms with Crippen molar-refractivity contribution in [2.75, 3.05) is 20.3 Å². The minimum Gasteiger partial charge on any atom is -0.381 e. The van der Waals surface area contributed by atoms with Crippen molar-refractivity contribution >= 4 is 0 Å². The van der Waals surface area contributed by atoms with Crippen LogP contribution >= 0.6 is 0 Å². The van der Waals surface area contributed by atoms with E-state index in [4.69, 9.17) is 4.74 Å². The molecule has 3 nitrogen and oxygen atoms in total. The fraction of sp³-hybridized carbons (Fsp3) is 1.00. The lowest BCUT2D eigenvalue weighted by Crippen LogP contribution is -2.50. The van der Waals surface area contributed by atoms with Crippen molar-refractivity contribution in [3.05, 3.63) is 0 Å². The molecule has 3 aliphatic rings. The molecule has 3 heteroatoms. The van der Waals surface area contributed by atoms with Crippen molar-refractivity contribution in [1.82, 2.24) is 10.2 Å². The molecule has 3 heterocycles. The lowest BCUT2D eigenvalue weighted by molar-refractivity contribution is 0.0666. The van der Waals surface area contributed by atoms with E-state index in [1.165, 1.54) is 38.5 Å². The molecule has 16 heavy (non-hydrogen) atoms. The topological polar surface area (TPSA) is 24.5 Å². The highest BCUT2D eigenvalue weighted by atomic mass is 16.5. The summed E-state index contributed by atoms with van der Waals surface area (Å²) < 4.78 is 5.41. The first kappa shape index (κ1) is 11.0. The van der Waals surface area contributed by atoms with Crippen LogP contribution in [0, 0.1) is 0 Å². The Labute approximate surface area is 98.5 Å². The predicted octanol–water partition coefficient (Wildman–Crippen LogP) is 1.38. The summed E-state index contributed by atoms with van der Waals surface area (Å²) in [5.74, 6) is 0. The second kappa shape index (κ2) is 4.63. The Morgan fingerprint density at radius 3 is 2.19 bits per heavy atom. The number of hydrogen-bond donors (Lipinski definition) is 1. The van der Waals surface area contributed by atoms with Crippen LogP contribution < -0.4 is 5.32 Å². The molecular weight excluding hydrogens is 200 g/mol. The van der Waals surface area contributed by atoms with Crippen LogP contribution in [0.4, 0.5) is 0 Å². The van der Waals surface area contributed by atoms with Crippen LogP contribution in [0.15, 0.2) is 0 Å². The molecule has 0 radical (unpaired) electrons. The summed E-state index contributed by atoms with van der Waals surface area (Å²) in [6, 6.07) is 3.21. The summed E-state index contributed by atoms with van der Waals surface area (Å²) >= 11 is 0. The van der Waals surface area contributed by atoms with Gasteiger partial charge < -0.3 is 15.0 Å². The van der Waals surface area contributed by atoms with Gasteiger partial charge in [-0.25, -0.2) is 0 Å². The first-order chi connectivity index (χ1) is 7.83. The molecule has 92 valence electrons. The van der Waals surface area contributed by atoms with E-state index >= 15 is 0 Å². The molecule has 0 amide bonds. The van der Waals surface area contributed by atoms with E-state index in [0.29, 0.717) is 0 Å². The molecule has 2 unspecified atom stereocenters. The van der Waals surface area contributed by atoms with E-state index in [9.17, 15) is 0 Å². The summed E-state index contributed by atoms with van der Waals surface area (Å²) in [5, 5.41) is 3.87. The highest BCUT2D eigenvalue weighted by molar-refractivity contribution is 4.96. The molecule has 0 aliphatic carbocycles. The van der Waals surface area contributed by atoms with Gasteiger partial charge in [-0.1, -0.05) is 0 Å². The Bertz CT molecular complexity index is 226. The van der Waals surface area contributed by atoms with Gasteiger partial charge in [0.25, 0.3) is 0 Å². The van der Waals surface area contributed by atoms with Crippen LogP contribution in [0.5, 0.6) is 0 Å². The van der Waals surface area contributed by atoms with E-state index in [1.807, 2.05) is 0 Å². The van der Waals surface area contributed by atoms with E-state index in [0.717, 1.165) is 37.4 Å². The molecule has 3 saturated heterocycles. The monoisotopic (exact) mass is 224 g/mol. The SMILES string of the molecule is CN1C2CCC1CC(NC1CCOCC1)C2. The summed E-state index contributed by atoms with van der Waals surface area (Å²) in [4.78, 5) is 2.61. The lowest BCUT2D eigenvalue weighted by Gasteiger charge is -2.39. The van der Waals surface area contributed by atoms with Gasteiger partial charge in [-0.15, -0.1) is 0 Å². The number of ether oxygens (including phenoxy) is 1. The summed E-state index contributed by atoms with van der Waals surface area (Å²) in [5.41, 5.74) is 0. The molecular formula is C13H24N2O. The number of fused-ring (bicyclic) bond motifs is 2. The Morgan fingerprint density at radius 2 is 1.56 bits per heavy atom. The Hall–Kier alpha value is -0.120. The van der Waals surface area contributed by atoms with Crippen LogP contribution in [0.1, 0.15) is 38.5 Å². The number of rotatable bonds is 2. The molecule has 0 aromatic carbocycles. The van der Waals surface area contributed by atoms with Crippen molar-refractivity contribution in [2.45, 2.75) is 62.7 Å². The van der Waals surface area contributed by atoms with Crippen molar-refractivity contribution in [1.29, 1.82) is 0 Å². The van der Waals surface area contributed by atoms with Crippen LogP contribution in [0.2, 0.25) is 0 Å². The van der Waals surface area contributed by atoms with Gasteiger partial charge in [0.15, 0.2) is 0 Å². The summed E-state index contributed by atoms with van der Waals surface area (Å²) in [6.45, 7) is 1.91. The first-order valence-corrected chi connectivity index (χ1v) is 6.88. The fourth-order valence-electron chi connectivity index (χ4n) is 3.75. The Kier molecular flexibility index (Phi) is 3.18. The molecule has 0 aromatic heterocycles. The van der Waals surface area contributed by atoms with Crippen LogP contribution in [-0.4, -0.2) is 49.3 Å². The molecule has 3 rings (SSSR count). The molecule has 0 spiro atoms. The molecule has 3 fully saturated rings. The maximum Gasteiger partial charge on any atom is 0.0480 e. The average molecular weight is 224 g/mol. The van der Waals surface area contributed by atoms with Gasteiger partial charge in [-0.05, 0) is 45.6 Å². The van der Waals surface area contributed by atoms with Gasteiger partial charge in [0, 0.05) is 37.4 Å². The van der Waals surface area contributed by atoms with Crippen molar-refractivity contribution in [3.8, 4) is 0 Å². The van der Waals surface area contributed by atoms with Gasteiger partial charge in [0.1, 0.15) is 0 Å². The van der Waals surface area contributed by atoms with Crippen LogP contribution in [0.25, 0.3) is 0 Å². The average Bonchev–Trinajstić information content (AvgIpc) is 2.54. The normalized spacial score (nSPS) is 41.4. The van der Waals surface area contributed by atoms with Crippen LogP contribution in [-0.2, 0) is 4.74 Å². The van der Waals surface area contributed by atoms with Gasteiger partial charge in [-0.2, -0.15) is 0 Å².